The monoisotopic (exact) mass is 364 g/mol. The molecule has 2 aromatic heterocycles. The van der Waals surface area contributed by atoms with Gasteiger partial charge < -0.3 is 9.80 Å². The van der Waals surface area contributed by atoms with Crippen molar-refractivity contribution in [3.8, 4) is 0 Å². The van der Waals surface area contributed by atoms with Gasteiger partial charge in [-0.25, -0.2) is 4.98 Å². The number of piperazine rings is 1. The summed E-state index contributed by atoms with van der Waals surface area (Å²) in [6.45, 7) is 3.16. The highest BCUT2D eigenvalue weighted by molar-refractivity contribution is 7.13. The molecule has 0 N–H and O–H groups in total. The molecule has 6 heteroatoms. The number of aryl methyl sites for hydroxylation is 1. The van der Waals surface area contributed by atoms with Gasteiger partial charge in [-0.1, -0.05) is 18.2 Å². The number of carbonyl (C=O) groups excluding carboxylic acids is 1. The largest absolute Gasteiger partial charge is 0.345 e. The van der Waals surface area contributed by atoms with Gasteiger partial charge in [-0.3, -0.25) is 9.78 Å². The fraction of sp³-hybridized carbons (Fsp3) is 0.350. The van der Waals surface area contributed by atoms with Crippen LogP contribution in [0.5, 0.6) is 0 Å². The predicted molar refractivity (Wildman–Crippen MR) is 104 cm³/mol. The van der Waals surface area contributed by atoms with Crippen molar-refractivity contribution in [1.82, 2.24) is 14.9 Å². The van der Waals surface area contributed by atoms with Crippen LogP contribution in [-0.2, 0) is 12.8 Å². The van der Waals surface area contributed by atoms with Gasteiger partial charge in [0, 0.05) is 48.8 Å². The number of para-hydroxylation sites is 1. The lowest BCUT2D eigenvalue weighted by Gasteiger charge is -2.35. The SMILES string of the molecule is O=C(c1c2c(nc3ccccc13)CCC2)N1CCN(c2nccs2)CC1. The third-order valence-electron chi connectivity index (χ3n) is 5.39. The van der Waals surface area contributed by atoms with Gasteiger partial charge in [0.15, 0.2) is 5.13 Å². The zero-order valence-electron chi connectivity index (χ0n) is 14.5. The van der Waals surface area contributed by atoms with Crippen molar-refractivity contribution in [2.24, 2.45) is 0 Å². The van der Waals surface area contributed by atoms with E-state index in [2.05, 4.69) is 9.88 Å². The molecule has 1 amide bonds. The van der Waals surface area contributed by atoms with Crippen molar-refractivity contribution < 1.29 is 4.79 Å². The highest BCUT2D eigenvalue weighted by Crippen LogP contribution is 2.31. The van der Waals surface area contributed by atoms with Crippen LogP contribution in [0.3, 0.4) is 0 Å². The summed E-state index contributed by atoms with van der Waals surface area (Å²) in [7, 11) is 0. The molecule has 1 saturated heterocycles. The Kier molecular flexibility index (Phi) is 3.85. The van der Waals surface area contributed by atoms with Crippen LogP contribution in [0.25, 0.3) is 10.9 Å². The van der Waals surface area contributed by atoms with Gasteiger partial charge in [0.1, 0.15) is 0 Å². The molecule has 1 aromatic carbocycles. The second-order valence-electron chi connectivity index (χ2n) is 6.88. The zero-order chi connectivity index (χ0) is 17.5. The Hall–Kier alpha value is -2.47. The molecule has 1 aliphatic carbocycles. The van der Waals surface area contributed by atoms with E-state index in [0.29, 0.717) is 0 Å². The van der Waals surface area contributed by atoms with Crippen molar-refractivity contribution in [1.29, 1.82) is 0 Å². The third-order valence-corrected chi connectivity index (χ3v) is 6.22. The Morgan fingerprint density at radius 1 is 1.08 bits per heavy atom. The van der Waals surface area contributed by atoms with E-state index in [1.165, 1.54) is 5.56 Å². The van der Waals surface area contributed by atoms with E-state index >= 15 is 0 Å². The second-order valence-corrected chi connectivity index (χ2v) is 7.75. The molecule has 1 aliphatic heterocycles. The second kappa shape index (κ2) is 6.36. The lowest BCUT2D eigenvalue weighted by molar-refractivity contribution is 0.0747. The van der Waals surface area contributed by atoms with Crippen LogP contribution in [-0.4, -0.2) is 47.0 Å². The Labute approximate surface area is 156 Å². The number of pyridine rings is 1. The Bertz CT molecular complexity index is 961. The fourth-order valence-electron chi connectivity index (χ4n) is 4.09. The van der Waals surface area contributed by atoms with E-state index in [1.807, 2.05) is 40.7 Å². The predicted octanol–water partition coefficient (Wildman–Crippen LogP) is 3.14. The lowest BCUT2D eigenvalue weighted by atomic mass is 9.99. The standard InChI is InChI=1S/C20H20N4OS/c25-19(23-9-11-24(12-10-23)20-21-8-13-26-20)18-14-4-1-2-6-16(14)22-17-7-3-5-15(17)18/h1-2,4,6,8,13H,3,5,7,9-12H2. The van der Waals surface area contributed by atoms with E-state index in [9.17, 15) is 4.79 Å². The van der Waals surface area contributed by atoms with Crippen LogP contribution in [0.1, 0.15) is 28.0 Å². The van der Waals surface area contributed by atoms with E-state index in [-0.39, 0.29) is 5.91 Å². The Morgan fingerprint density at radius 3 is 2.73 bits per heavy atom. The summed E-state index contributed by atoms with van der Waals surface area (Å²) in [5.74, 6) is 0.167. The molecular formula is C20H20N4OS. The summed E-state index contributed by atoms with van der Waals surface area (Å²) in [4.78, 5) is 26.9. The van der Waals surface area contributed by atoms with Crippen molar-refractivity contribution in [3.05, 3.63) is 52.7 Å². The first kappa shape index (κ1) is 15.8. The van der Waals surface area contributed by atoms with Crippen LogP contribution in [0.15, 0.2) is 35.8 Å². The lowest BCUT2D eigenvalue weighted by Crippen LogP contribution is -2.49. The molecule has 0 radical (unpaired) electrons. The summed E-state index contributed by atoms with van der Waals surface area (Å²) >= 11 is 1.66. The number of anilines is 1. The molecule has 3 heterocycles. The van der Waals surface area contributed by atoms with Crippen LogP contribution >= 0.6 is 11.3 Å². The van der Waals surface area contributed by atoms with Gasteiger partial charge in [0.2, 0.25) is 0 Å². The fourth-order valence-corrected chi connectivity index (χ4v) is 4.78. The normalized spacial score (nSPS) is 16.9. The number of aromatic nitrogens is 2. The quantitative estimate of drug-likeness (QED) is 0.701. The van der Waals surface area contributed by atoms with E-state index < -0.39 is 0 Å². The molecule has 0 saturated carbocycles. The summed E-state index contributed by atoms with van der Waals surface area (Å²) in [6.07, 6.45) is 4.88. The molecule has 132 valence electrons. The van der Waals surface area contributed by atoms with Gasteiger partial charge in [0.05, 0.1) is 11.1 Å². The first-order chi connectivity index (χ1) is 12.8. The Balaban J connectivity index is 1.46. The number of amides is 1. The molecule has 5 nitrogen and oxygen atoms in total. The highest BCUT2D eigenvalue weighted by Gasteiger charge is 2.29. The molecule has 1 fully saturated rings. The summed E-state index contributed by atoms with van der Waals surface area (Å²) in [6, 6.07) is 8.06. The number of fused-ring (bicyclic) bond motifs is 2. The van der Waals surface area contributed by atoms with Crippen molar-refractivity contribution in [2.75, 3.05) is 31.1 Å². The van der Waals surface area contributed by atoms with Gasteiger partial charge in [0.25, 0.3) is 5.91 Å². The van der Waals surface area contributed by atoms with Crippen molar-refractivity contribution in [2.45, 2.75) is 19.3 Å². The zero-order valence-corrected chi connectivity index (χ0v) is 15.3. The number of hydrogen-bond donors (Lipinski definition) is 0. The third kappa shape index (κ3) is 2.56. The van der Waals surface area contributed by atoms with Crippen LogP contribution < -0.4 is 4.90 Å². The van der Waals surface area contributed by atoms with Crippen molar-refractivity contribution >= 4 is 33.3 Å². The van der Waals surface area contributed by atoms with E-state index in [1.54, 1.807) is 11.3 Å². The summed E-state index contributed by atoms with van der Waals surface area (Å²) in [5.41, 5.74) is 4.13. The van der Waals surface area contributed by atoms with Gasteiger partial charge in [-0.15, -0.1) is 11.3 Å². The number of hydrogen-bond acceptors (Lipinski definition) is 5. The first-order valence-corrected chi connectivity index (χ1v) is 10.0. The first-order valence-electron chi connectivity index (χ1n) is 9.15. The molecule has 0 bridgehead atoms. The minimum atomic E-state index is 0.167. The maximum atomic E-state index is 13.4. The molecule has 5 rings (SSSR count). The molecular weight excluding hydrogens is 344 g/mol. The summed E-state index contributed by atoms with van der Waals surface area (Å²) in [5, 5.41) is 4.05. The average molecular weight is 364 g/mol. The Morgan fingerprint density at radius 2 is 1.92 bits per heavy atom. The maximum Gasteiger partial charge on any atom is 0.255 e. The number of nitrogens with zero attached hydrogens (tertiary/aromatic N) is 4. The van der Waals surface area contributed by atoms with Crippen molar-refractivity contribution in [3.63, 3.8) is 0 Å². The van der Waals surface area contributed by atoms with Gasteiger partial charge >= 0.3 is 0 Å². The average Bonchev–Trinajstić information content (AvgIpc) is 3.37. The summed E-state index contributed by atoms with van der Waals surface area (Å²) < 4.78 is 0. The highest BCUT2D eigenvalue weighted by atomic mass is 32.1. The minimum Gasteiger partial charge on any atom is -0.345 e. The smallest absolute Gasteiger partial charge is 0.255 e. The van der Waals surface area contributed by atoms with Gasteiger partial charge in [-0.05, 0) is 30.9 Å². The molecule has 3 aromatic rings. The van der Waals surface area contributed by atoms with Crippen LogP contribution in [0.2, 0.25) is 0 Å². The van der Waals surface area contributed by atoms with E-state index in [0.717, 1.165) is 72.7 Å². The number of benzene rings is 1. The minimum absolute atomic E-state index is 0.167. The number of carbonyl (C=O) groups is 1. The molecule has 0 spiro atoms. The number of thiazole rings is 1. The molecule has 0 atom stereocenters. The maximum absolute atomic E-state index is 13.4. The topological polar surface area (TPSA) is 49.3 Å². The molecule has 0 unspecified atom stereocenters. The molecule has 2 aliphatic rings. The van der Waals surface area contributed by atoms with Crippen LogP contribution in [0.4, 0.5) is 5.13 Å². The van der Waals surface area contributed by atoms with E-state index in [4.69, 9.17) is 4.98 Å². The number of rotatable bonds is 2. The molecule has 26 heavy (non-hydrogen) atoms. The van der Waals surface area contributed by atoms with Gasteiger partial charge in [-0.2, -0.15) is 0 Å². The van der Waals surface area contributed by atoms with Crippen LogP contribution in [0, 0.1) is 0 Å².